The van der Waals surface area contributed by atoms with Crippen molar-refractivity contribution >= 4 is 46.5 Å². The number of carbonyl (C=O) groups is 3. The summed E-state index contributed by atoms with van der Waals surface area (Å²) in [7, 11) is 1.38. The van der Waals surface area contributed by atoms with Gasteiger partial charge in [-0.25, -0.2) is 9.78 Å². The van der Waals surface area contributed by atoms with Crippen LogP contribution in [-0.4, -0.2) is 72.5 Å². The van der Waals surface area contributed by atoms with Crippen LogP contribution in [0.2, 0.25) is 5.02 Å². The number of nitrogens with zero attached hydrogens (tertiary/aromatic N) is 4. The van der Waals surface area contributed by atoms with Crippen molar-refractivity contribution < 1.29 is 19.1 Å². The zero-order chi connectivity index (χ0) is 23.9. The van der Waals surface area contributed by atoms with Gasteiger partial charge < -0.3 is 19.4 Å². The molecule has 0 N–H and O–H groups in total. The molecule has 2 fully saturated rings. The largest absolute Gasteiger partial charge is 0.453 e. The lowest BCUT2D eigenvalue weighted by Gasteiger charge is -2.25. The lowest BCUT2D eigenvalue weighted by atomic mass is 9.81. The van der Waals surface area contributed by atoms with E-state index in [0.29, 0.717) is 35.4 Å². The average Bonchev–Trinajstić information content (AvgIpc) is 3.57. The molecule has 2 aromatic rings. The Kier molecular flexibility index (Phi) is 6.24. The van der Waals surface area contributed by atoms with Gasteiger partial charge in [-0.2, -0.15) is 0 Å². The zero-order valence-corrected chi connectivity index (χ0v) is 20.7. The SMILES string of the molecule is COC(=O)N1CCC2(C1)CN(C(=O)Cc1nc(C(=O)N3CCCCC3)cs1)c1ccc(Cl)cc12. The fraction of sp³-hybridized carbons (Fsp3) is 0.500. The van der Waals surface area contributed by atoms with Crippen molar-refractivity contribution in [1.29, 1.82) is 0 Å². The van der Waals surface area contributed by atoms with E-state index in [1.165, 1.54) is 18.4 Å². The highest BCUT2D eigenvalue weighted by Crippen LogP contribution is 2.47. The Balaban J connectivity index is 1.34. The Hall–Kier alpha value is -2.65. The maximum Gasteiger partial charge on any atom is 0.409 e. The maximum absolute atomic E-state index is 13.4. The molecule has 180 valence electrons. The van der Waals surface area contributed by atoms with Crippen LogP contribution < -0.4 is 4.90 Å². The van der Waals surface area contributed by atoms with Crippen LogP contribution in [-0.2, 0) is 21.4 Å². The van der Waals surface area contributed by atoms with Crippen LogP contribution in [0.15, 0.2) is 23.6 Å². The maximum atomic E-state index is 13.4. The summed E-state index contributed by atoms with van der Waals surface area (Å²) in [5.41, 5.74) is 1.86. The molecule has 0 aliphatic carbocycles. The van der Waals surface area contributed by atoms with E-state index < -0.39 is 0 Å². The predicted octanol–water partition coefficient (Wildman–Crippen LogP) is 3.72. The number of hydrogen-bond acceptors (Lipinski definition) is 6. The first-order valence-electron chi connectivity index (χ1n) is 11.6. The molecule has 10 heteroatoms. The first-order valence-corrected chi connectivity index (χ1v) is 12.8. The van der Waals surface area contributed by atoms with Gasteiger partial charge in [0.25, 0.3) is 5.91 Å². The van der Waals surface area contributed by atoms with Gasteiger partial charge in [0.2, 0.25) is 5.91 Å². The van der Waals surface area contributed by atoms with E-state index >= 15 is 0 Å². The molecule has 5 rings (SSSR count). The minimum Gasteiger partial charge on any atom is -0.453 e. The molecule has 0 radical (unpaired) electrons. The van der Waals surface area contributed by atoms with Gasteiger partial charge in [-0.05, 0) is 49.4 Å². The highest BCUT2D eigenvalue weighted by Gasteiger charge is 2.50. The Morgan fingerprint density at radius 3 is 2.68 bits per heavy atom. The molecule has 3 aliphatic heterocycles. The van der Waals surface area contributed by atoms with Crippen molar-refractivity contribution in [1.82, 2.24) is 14.8 Å². The molecule has 34 heavy (non-hydrogen) atoms. The van der Waals surface area contributed by atoms with Crippen LogP contribution >= 0.6 is 22.9 Å². The summed E-state index contributed by atoms with van der Waals surface area (Å²) in [4.78, 5) is 48.1. The molecule has 8 nitrogen and oxygen atoms in total. The number of benzene rings is 1. The average molecular weight is 503 g/mol. The van der Waals surface area contributed by atoms with E-state index in [-0.39, 0.29) is 29.7 Å². The van der Waals surface area contributed by atoms with Gasteiger partial charge >= 0.3 is 6.09 Å². The van der Waals surface area contributed by atoms with Crippen LogP contribution in [0.5, 0.6) is 0 Å². The molecule has 3 amide bonds. The summed E-state index contributed by atoms with van der Waals surface area (Å²) in [6, 6.07) is 5.56. The second kappa shape index (κ2) is 9.19. The third-order valence-corrected chi connectivity index (χ3v) is 8.17. The first kappa shape index (κ1) is 23.1. The highest BCUT2D eigenvalue weighted by molar-refractivity contribution is 7.10. The van der Waals surface area contributed by atoms with Crippen molar-refractivity contribution in [2.45, 2.75) is 37.5 Å². The van der Waals surface area contributed by atoms with Gasteiger partial charge in [-0.15, -0.1) is 11.3 Å². The minimum atomic E-state index is -0.373. The van der Waals surface area contributed by atoms with E-state index in [2.05, 4.69) is 4.98 Å². The molecule has 1 aromatic heterocycles. The van der Waals surface area contributed by atoms with E-state index in [0.717, 1.165) is 50.0 Å². The number of ether oxygens (including phenoxy) is 1. The third-order valence-electron chi connectivity index (χ3n) is 7.09. The lowest BCUT2D eigenvalue weighted by molar-refractivity contribution is -0.118. The van der Waals surface area contributed by atoms with Crippen molar-refractivity contribution in [2.75, 3.05) is 44.7 Å². The number of hydrogen-bond donors (Lipinski definition) is 0. The van der Waals surface area contributed by atoms with Crippen LogP contribution in [0.25, 0.3) is 0 Å². The standard InChI is InChI=1S/C24H27ClN4O4S/c1-33-23(32)28-10-7-24(14-28)15-29(19-6-5-16(25)11-17(19)24)21(30)12-20-26-18(13-34-20)22(31)27-8-3-2-4-9-27/h5-6,11,13H,2-4,7-10,12,14-15H2,1H3. The van der Waals surface area contributed by atoms with Gasteiger partial charge in [0.05, 0.1) is 13.5 Å². The van der Waals surface area contributed by atoms with E-state index in [9.17, 15) is 14.4 Å². The number of amides is 3. The molecular formula is C24H27ClN4O4S. The fourth-order valence-electron chi connectivity index (χ4n) is 5.34. The molecule has 1 unspecified atom stereocenters. The van der Waals surface area contributed by atoms with Gasteiger partial charge in [0.1, 0.15) is 10.7 Å². The summed E-state index contributed by atoms with van der Waals surface area (Å²) in [5, 5.41) is 2.98. The number of methoxy groups -OCH3 is 1. The molecule has 0 saturated carbocycles. The first-order chi connectivity index (χ1) is 16.4. The smallest absolute Gasteiger partial charge is 0.409 e. The number of halogens is 1. The van der Waals surface area contributed by atoms with E-state index in [1.807, 2.05) is 17.0 Å². The van der Waals surface area contributed by atoms with E-state index in [4.69, 9.17) is 16.3 Å². The van der Waals surface area contributed by atoms with E-state index in [1.54, 1.807) is 21.2 Å². The second-order valence-electron chi connectivity index (χ2n) is 9.22. The molecule has 1 aromatic carbocycles. The van der Waals surface area contributed by atoms with Crippen molar-refractivity contribution in [3.05, 3.63) is 44.9 Å². The number of carbonyl (C=O) groups excluding carboxylic acids is 3. The molecule has 1 spiro atoms. The number of likely N-dealkylation sites (tertiary alicyclic amines) is 2. The monoisotopic (exact) mass is 502 g/mol. The van der Waals surface area contributed by atoms with Gasteiger partial charge in [-0.3, -0.25) is 9.59 Å². The number of fused-ring (bicyclic) bond motifs is 2. The van der Waals surface area contributed by atoms with Crippen molar-refractivity contribution in [2.24, 2.45) is 0 Å². The predicted molar refractivity (Wildman–Crippen MR) is 130 cm³/mol. The molecule has 3 aliphatic rings. The summed E-state index contributed by atoms with van der Waals surface area (Å²) in [6.07, 6.45) is 3.69. The Labute approximate surface area is 207 Å². The van der Waals surface area contributed by atoms with Crippen molar-refractivity contribution in [3.63, 3.8) is 0 Å². The number of thiazole rings is 1. The van der Waals surface area contributed by atoms with Crippen molar-refractivity contribution in [3.8, 4) is 0 Å². The van der Waals surface area contributed by atoms with Crippen LogP contribution in [0.3, 0.4) is 0 Å². The minimum absolute atomic E-state index is 0.0522. The normalized spacial score (nSPS) is 21.8. The third kappa shape index (κ3) is 4.15. The number of anilines is 1. The fourth-order valence-corrected chi connectivity index (χ4v) is 6.28. The summed E-state index contributed by atoms with van der Waals surface area (Å²) >= 11 is 7.66. The summed E-state index contributed by atoms with van der Waals surface area (Å²) in [6.45, 7) is 3.04. The topological polar surface area (TPSA) is 83.0 Å². The number of aromatic nitrogens is 1. The molecule has 2 saturated heterocycles. The van der Waals surface area contributed by atoms with Gasteiger partial charge in [0.15, 0.2) is 0 Å². The Morgan fingerprint density at radius 1 is 1.12 bits per heavy atom. The van der Waals surface area contributed by atoms with Gasteiger partial charge in [0, 0.05) is 54.2 Å². The summed E-state index contributed by atoms with van der Waals surface area (Å²) in [5.74, 6) is -0.132. The quantitative estimate of drug-likeness (QED) is 0.638. The molecule has 0 bridgehead atoms. The molecule has 1 atom stereocenters. The Bertz CT molecular complexity index is 1130. The number of rotatable bonds is 3. The molecular weight excluding hydrogens is 476 g/mol. The Morgan fingerprint density at radius 2 is 1.91 bits per heavy atom. The molecule has 4 heterocycles. The zero-order valence-electron chi connectivity index (χ0n) is 19.1. The van der Waals surface area contributed by atoms with Gasteiger partial charge in [-0.1, -0.05) is 11.6 Å². The lowest BCUT2D eigenvalue weighted by Crippen LogP contribution is -2.40. The number of piperidine rings is 1. The van der Waals surface area contributed by atoms with Crippen LogP contribution in [0.1, 0.15) is 46.7 Å². The summed E-state index contributed by atoms with van der Waals surface area (Å²) < 4.78 is 4.91. The second-order valence-corrected chi connectivity index (χ2v) is 10.6. The highest BCUT2D eigenvalue weighted by atomic mass is 35.5. The van der Waals surface area contributed by atoms with Crippen LogP contribution in [0.4, 0.5) is 10.5 Å². The van der Waals surface area contributed by atoms with Crippen LogP contribution in [0, 0.1) is 0 Å².